The van der Waals surface area contributed by atoms with Gasteiger partial charge in [-0.1, -0.05) is 6.42 Å². The van der Waals surface area contributed by atoms with Gasteiger partial charge < -0.3 is 10.5 Å². The Morgan fingerprint density at radius 1 is 1.30 bits per heavy atom. The van der Waals surface area contributed by atoms with Gasteiger partial charge in [0.2, 0.25) is 10.0 Å². The number of nitrogen functional groups attached to an aromatic ring is 1. The molecule has 0 aromatic heterocycles. The molecule has 4 N–H and O–H groups in total. The first-order valence-electron chi connectivity index (χ1n) is 6.79. The minimum absolute atomic E-state index is 0.00666. The summed E-state index contributed by atoms with van der Waals surface area (Å²) in [4.78, 5) is 0.265. The van der Waals surface area contributed by atoms with Gasteiger partial charge in [-0.2, -0.15) is 4.31 Å². The molecule has 1 saturated heterocycles. The van der Waals surface area contributed by atoms with Crippen molar-refractivity contribution in [1.29, 1.82) is 0 Å². The molecule has 2 rings (SSSR count). The van der Waals surface area contributed by atoms with Crippen LogP contribution in [0, 0.1) is 0 Å². The highest BCUT2D eigenvalue weighted by Crippen LogP contribution is 2.27. The maximum absolute atomic E-state index is 12.7. The number of nitrogens with zero attached hydrogens (tertiary/aromatic N) is 1. The minimum atomic E-state index is -3.50. The lowest BCUT2D eigenvalue weighted by Crippen LogP contribution is -2.44. The lowest BCUT2D eigenvalue weighted by atomic mass is 10.0. The van der Waals surface area contributed by atoms with Crippen molar-refractivity contribution < 1.29 is 13.5 Å². The van der Waals surface area contributed by atoms with E-state index in [0.29, 0.717) is 18.7 Å². The number of rotatable bonds is 5. The lowest BCUT2D eigenvalue weighted by molar-refractivity contribution is 0.192. The number of benzene rings is 1. The van der Waals surface area contributed by atoms with Crippen LogP contribution in [0.5, 0.6) is 0 Å². The predicted molar refractivity (Wildman–Crippen MR) is 77.5 cm³/mol. The molecule has 1 atom stereocenters. The van der Waals surface area contributed by atoms with Crippen molar-refractivity contribution in [2.45, 2.75) is 36.6 Å². The molecule has 112 valence electrons. The third-order valence-corrected chi connectivity index (χ3v) is 5.63. The molecule has 20 heavy (non-hydrogen) atoms. The number of sulfonamides is 1. The van der Waals surface area contributed by atoms with Gasteiger partial charge in [0.1, 0.15) is 0 Å². The van der Waals surface area contributed by atoms with Crippen molar-refractivity contribution in [3.8, 4) is 0 Å². The summed E-state index contributed by atoms with van der Waals surface area (Å²) in [6.07, 6.45) is 3.17. The van der Waals surface area contributed by atoms with Crippen LogP contribution < -0.4 is 11.3 Å². The minimum Gasteiger partial charge on any atom is -0.396 e. The van der Waals surface area contributed by atoms with E-state index >= 15 is 0 Å². The Hall–Kier alpha value is -1.15. The molecular formula is C13H21N3O3S. The van der Waals surface area contributed by atoms with Crippen LogP contribution in [0.4, 0.5) is 5.69 Å². The number of aliphatic hydroxyl groups excluding tert-OH is 1. The first kappa shape index (κ1) is 15.2. The lowest BCUT2D eigenvalue weighted by Gasteiger charge is -2.34. The summed E-state index contributed by atoms with van der Waals surface area (Å²) in [5.41, 5.74) is 3.13. The normalized spacial score (nSPS) is 20.8. The van der Waals surface area contributed by atoms with Crippen molar-refractivity contribution in [3.63, 3.8) is 0 Å². The topological polar surface area (TPSA) is 95.7 Å². The van der Waals surface area contributed by atoms with Crippen LogP contribution in [0.15, 0.2) is 29.2 Å². The Balaban J connectivity index is 2.26. The number of hydrogen-bond donors (Lipinski definition) is 3. The molecule has 0 saturated carbocycles. The van der Waals surface area contributed by atoms with Gasteiger partial charge in [-0.25, -0.2) is 8.42 Å². The molecular weight excluding hydrogens is 278 g/mol. The van der Waals surface area contributed by atoms with Gasteiger partial charge >= 0.3 is 0 Å². The maximum Gasteiger partial charge on any atom is 0.243 e. The first-order chi connectivity index (χ1) is 9.59. The van der Waals surface area contributed by atoms with E-state index in [4.69, 9.17) is 10.9 Å². The number of piperidine rings is 1. The van der Waals surface area contributed by atoms with E-state index in [2.05, 4.69) is 5.43 Å². The van der Waals surface area contributed by atoms with Crippen molar-refractivity contribution in [2.24, 2.45) is 5.84 Å². The zero-order valence-corrected chi connectivity index (χ0v) is 12.1. The zero-order chi connectivity index (χ0) is 14.6. The average Bonchev–Trinajstić information content (AvgIpc) is 2.48. The number of nitrogens with two attached hydrogens (primary N) is 1. The molecule has 1 aliphatic heterocycles. The van der Waals surface area contributed by atoms with E-state index in [-0.39, 0.29) is 17.5 Å². The maximum atomic E-state index is 12.7. The van der Waals surface area contributed by atoms with Gasteiger partial charge in [-0.3, -0.25) is 5.84 Å². The average molecular weight is 299 g/mol. The second kappa shape index (κ2) is 6.53. The van der Waals surface area contributed by atoms with Crippen molar-refractivity contribution >= 4 is 15.7 Å². The number of anilines is 1. The molecule has 0 spiro atoms. The molecule has 7 heteroatoms. The molecule has 1 heterocycles. The summed E-state index contributed by atoms with van der Waals surface area (Å²) in [6, 6.07) is 6.27. The standard InChI is InChI=1S/C13H21N3O3S/c14-15-11-4-6-13(7-5-11)20(18,19)16-9-2-1-3-12(16)8-10-17/h4-7,12,15,17H,1-3,8-10,14H2. The Kier molecular flexibility index (Phi) is 4.98. The van der Waals surface area contributed by atoms with E-state index in [0.717, 1.165) is 19.3 Å². The summed E-state index contributed by atoms with van der Waals surface area (Å²) >= 11 is 0. The second-order valence-corrected chi connectivity index (χ2v) is 6.84. The molecule has 1 aliphatic rings. The number of hydrogen-bond acceptors (Lipinski definition) is 5. The summed E-state index contributed by atoms with van der Waals surface area (Å²) < 4.78 is 26.9. The van der Waals surface area contributed by atoms with Gasteiger partial charge in [0.15, 0.2) is 0 Å². The third-order valence-electron chi connectivity index (χ3n) is 3.66. The smallest absolute Gasteiger partial charge is 0.243 e. The monoisotopic (exact) mass is 299 g/mol. The SMILES string of the molecule is NNc1ccc(S(=O)(=O)N2CCCCC2CCO)cc1. The van der Waals surface area contributed by atoms with Crippen LogP contribution in [0.2, 0.25) is 0 Å². The molecule has 1 fully saturated rings. The molecule has 1 aromatic carbocycles. The molecule has 1 unspecified atom stereocenters. The van der Waals surface area contributed by atoms with Crippen LogP contribution in [0.3, 0.4) is 0 Å². The molecule has 0 bridgehead atoms. The highest BCUT2D eigenvalue weighted by Gasteiger charge is 2.32. The first-order valence-corrected chi connectivity index (χ1v) is 8.23. The van der Waals surface area contributed by atoms with Gasteiger partial charge in [-0.05, 0) is 43.5 Å². The van der Waals surface area contributed by atoms with Gasteiger partial charge in [0, 0.05) is 24.9 Å². The number of nitrogens with one attached hydrogen (secondary N) is 1. The van der Waals surface area contributed by atoms with E-state index < -0.39 is 10.0 Å². The Bertz CT molecular complexity index is 528. The Morgan fingerprint density at radius 3 is 2.60 bits per heavy atom. The van der Waals surface area contributed by atoms with E-state index in [1.165, 1.54) is 4.31 Å². The molecule has 6 nitrogen and oxygen atoms in total. The number of aliphatic hydroxyl groups is 1. The van der Waals surface area contributed by atoms with Gasteiger partial charge in [0.05, 0.1) is 4.90 Å². The fourth-order valence-electron chi connectivity index (χ4n) is 2.59. The number of hydrazine groups is 1. The summed E-state index contributed by atoms with van der Waals surface area (Å²) in [6.45, 7) is 0.524. The molecule has 0 amide bonds. The molecule has 0 radical (unpaired) electrons. The fraction of sp³-hybridized carbons (Fsp3) is 0.538. The van der Waals surface area contributed by atoms with Gasteiger partial charge in [-0.15, -0.1) is 0 Å². The zero-order valence-electron chi connectivity index (χ0n) is 11.3. The van der Waals surface area contributed by atoms with Crippen molar-refractivity contribution in [2.75, 3.05) is 18.6 Å². The molecule has 0 aliphatic carbocycles. The van der Waals surface area contributed by atoms with E-state index in [9.17, 15) is 8.42 Å². The summed E-state index contributed by atoms with van der Waals surface area (Å²) in [5.74, 6) is 5.28. The van der Waals surface area contributed by atoms with Gasteiger partial charge in [0.25, 0.3) is 0 Å². The Morgan fingerprint density at radius 2 is 2.00 bits per heavy atom. The highest BCUT2D eigenvalue weighted by molar-refractivity contribution is 7.89. The Labute approximate surface area is 119 Å². The van der Waals surface area contributed by atoms with Crippen LogP contribution in [0.1, 0.15) is 25.7 Å². The van der Waals surface area contributed by atoms with E-state index in [1.807, 2.05) is 0 Å². The van der Waals surface area contributed by atoms with Crippen LogP contribution in [-0.4, -0.2) is 37.0 Å². The highest BCUT2D eigenvalue weighted by atomic mass is 32.2. The van der Waals surface area contributed by atoms with Crippen LogP contribution >= 0.6 is 0 Å². The summed E-state index contributed by atoms with van der Waals surface area (Å²) in [7, 11) is -3.50. The van der Waals surface area contributed by atoms with E-state index in [1.54, 1.807) is 24.3 Å². The second-order valence-electron chi connectivity index (χ2n) is 4.95. The molecule has 1 aromatic rings. The summed E-state index contributed by atoms with van der Waals surface area (Å²) in [5, 5.41) is 9.10. The largest absolute Gasteiger partial charge is 0.396 e. The van der Waals surface area contributed by atoms with Crippen molar-refractivity contribution in [3.05, 3.63) is 24.3 Å². The van der Waals surface area contributed by atoms with Crippen molar-refractivity contribution in [1.82, 2.24) is 4.31 Å². The van der Waals surface area contributed by atoms with Crippen LogP contribution in [-0.2, 0) is 10.0 Å². The fourth-order valence-corrected chi connectivity index (χ4v) is 4.31. The predicted octanol–water partition coefficient (Wildman–Crippen LogP) is 0.898. The van der Waals surface area contributed by atoms with Crippen LogP contribution in [0.25, 0.3) is 0 Å². The third kappa shape index (κ3) is 3.12. The quantitative estimate of drug-likeness (QED) is 0.554.